The molecule has 0 atom stereocenters. The molecule has 0 spiro atoms. The van der Waals surface area contributed by atoms with E-state index in [1.807, 2.05) is 0 Å². The van der Waals surface area contributed by atoms with E-state index in [0.717, 1.165) is 20.0 Å². The van der Waals surface area contributed by atoms with E-state index in [1.54, 1.807) is 0 Å². The number of benzene rings is 1. The van der Waals surface area contributed by atoms with E-state index in [4.69, 9.17) is 0 Å². The zero-order valence-corrected chi connectivity index (χ0v) is 20.1. The Labute approximate surface area is 176 Å². The first-order valence-corrected chi connectivity index (χ1v) is 11.6. The maximum absolute atomic E-state index is 10.5. The molecule has 0 aliphatic carbocycles. The first-order valence-electron chi connectivity index (χ1n) is 8.41. The lowest BCUT2D eigenvalue weighted by Crippen LogP contribution is -2.04. The summed E-state index contributed by atoms with van der Waals surface area (Å²) in [6.45, 7) is 4.50. The number of phenols is 1. The van der Waals surface area contributed by atoms with E-state index in [9.17, 15) is 5.11 Å². The van der Waals surface area contributed by atoms with Gasteiger partial charge in [0, 0.05) is 3.57 Å². The molecule has 22 heavy (non-hydrogen) atoms. The molecule has 1 nitrogen and oxygen atoms in total. The van der Waals surface area contributed by atoms with Crippen LogP contribution in [0.4, 0.5) is 0 Å². The Hall–Kier alpha value is 1.21. The van der Waals surface area contributed by atoms with E-state index in [1.165, 1.54) is 66.1 Å². The normalized spacial score (nSPS) is 11.1. The second kappa shape index (κ2) is 11.7. The summed E-state index contributed by atoms with van der Waals surface area (Å²) < 4.78 is 3.54. The van der Waals surface area contributed by atoms with Gasteiger partial charge in [-0.3, -0.25) is 0 Å². The lowest BCUT2D eigenvalue weighted by Gasteiger charge is -2.17. The van der Waals surface area contributed by atoms with Gasteiger partial charge in [0.2, 0.25) is 0 Å². The largest absolute Gasteiger partial charge is 0.506 e. The molecule has 4 heteroatoms. The minimum absolute atomic E-state index is 0.512. The van der Waals surface area contributed by atoms with Crippen molar-refractivity contribution in [3.8, 4) is 5.75 Å². The third-order valence-electron chi connectivity index (χ3n) is 4.04. The van der Waals surface area contributed by atoms with Gasteiger partial charge in [-0.2, -0.15) is 0 Å². The van der Waals surface area contributed by atoms with Gasteiger partial charge >= 0.3 is 0 Å². The number of unbranched alkanes of at least 4 members (excludes halogenated alkanes) is 6. The number of hydrogen-bond acceptors (Lipinski definition) is 1. The maximum atomic E-state index is 10.5. The first kappa shape index (κ1) is 21.3. The molecule has 0 saturated heterocycles. The van der Waals surface area contributed by atoms with E-state index >= 15 is 0 Å². The van der Waals surface area contributed by atoms with E-state index in [0.29, 0.717) is 5.75 Å². The van der Waals surface area contributed by atoms with Crippen LogP contribution in [0.3, 0.4) is 0 Å². The predicted molar refractivity (Wildman–Crippen MR) is 122 cm³/mol. The van der Waals surface area contributed by atoms with Crippen LogP contribution in [0.5, 0.6) is 5.75 Å². The lowest BCUT2D eigenvalue weighted by atomic mass is 10.00. The summed E-state index contributed by atoms with van der Waals surface area (Å²) in [6, 6.07) is 0. The van der Waals surface area contributed by atoms with Crippen LogP contribution in [0, 0.1) is 10.7 Å². The predicted octanol–water partition coefficient (Wildman–Crippen LogP) is 7.45. The van der Waals surface area contributed by atoms with E-state index in [-0.39, 0.29) is 0 Å². The van der Waals surface area contributed by atoms with Crippen molar-refractivity contribution in [2.24, 2.45) is 0 Å². The number of rotatable bonds is 10. The van der Waals surface area contributed by atoms with Crippen molar-refractivity contribution in [3.63, 3.8) is 0 Å². The highest BCUT2D eigenvalue weighted by atomic mass is 127. The highest BCUT2D eigenvalue weighted by molar-refractivity contribution is 14.1. The van der Waals surface area contributed by atoms with Gasteiger partial charge in [-0.15, -0.1) is 0 Å². The average molecular weight is 640 g/mol. The van der Waals surface area contributed by atoms with Gasteiger partial charge in [-0.25, -0.2) is 0 Å². The van der Waals surface area contributed by atoms with Gasteiger partial charge in [-0.1, -0.05) is 52.4 Å². The molecule has 1 aromatic rings. The van der Waals surface area contributed by atoms with Gasteiger partial charge in [0.05, 0.1) is 7.14 Å². The minimum Gasteiger partial charge on any atom is -0.506 e. The zero-order chi connectivity index (χ0) is 16.5. The monoisotopic (exact) mass is 640 g/mol. The van der Waals surface area contributed by atoms with Crippen LogP contribution in [-0.4, -0.2) is 5.11 Å². The maximum Gasteiger partial charge on any atom is 0.142 e. The Morgan fingerprint density at radius 2 is 1.05 bits per heavy atom. The van der Waals surface area contributed by atoms with E-state index in [2.05, 4.69) is 81.6 Å². The molecule has 126 valence electrons. The third-order valence-corrected chi connectivity index (χ3v) is 7.66. The summed E-state index contributed by atoms with van der Waals surface area (Å²) in [5.41, 5.74) is 2.75. The third kappa shape index (κ3) is 6.26. The van der Waals surface area contributed by atoms with Crippen LogP contribution in [0.25, 0.3) is 0 Å². The number of phenolic OH excluding ortho intramolecular Hbond substituents is 1. The van der Waals surface area contributed by atoms with Gasteiger partial charge in [0.15, 0.2) is 0 Å². The zero-order valence-electron chi connectivity index (χ0n) is 13.7. The molecule has 0 unspecified atom stereocenters. The number of halogens is 3. The van der Waals surface area contributed by atoms with Crippen molar-refractivity contribution < 1.29 is 5.11 Å². The molecule has 0 fully saturated rings. The van der Waals surface area contributed by atoms with Crippen LogP contribution in [0.2, 0.25) is 0 Å². The highest BCUT2D eigenvalue weighted by Gasteiger charge is 2.19. The van der Waals surface area contributed by atoms with Crippen molar-refractivity contribution in [1.29, 1.82) is 0 Å². The Balaban J connectivity index is 2.89. The molecule has 0 heterocycles. The fraction of sp³-hybridized carbons (Fsp3) is 0.667. The van der Waals surface area contributed by atoms with Crippen molar-refractivity contribution >= 4 is 67.8 Å². The molecule has 0 amide bonds. The Morgan fingerprint density at radius 1 is 0.636 bits per heavy atom. The van der Waals surface area contributed by atoms with Crippen molar-refractivity contribution in [2.75, 3.05) is 0 Å². The Kier molecular flexibility index (Phi) is 11.3. The molecule has 0 aliphatic heterocycles. The quantitative estimate of drug-likeness (QED) is 0.208. The molecule has 0 saturated carbocycles. The summed E-state index contributed by atoms with van der Waals surface area (Å²) in [5, 5.41) is 10.5. The Bertz CT molecular complexity index is 433. The van der Waals surface area contributed by atoms with Crippen LogP contribution in [0.15, 0.2) is 0 Å². The summed E-state index contributed by atoms with van der Waals surface area (Å²) in [4.78, 5) is 0. The number of hydrogen-bond donors (Lipinski definition) is 1. The van der Waals surface area contributed by atoms with Crippen LogP contribution < -0.4 is 0 Å². The number of aromatic hydroxyl groups is 1. The van der Waals surface area contributed by atoms with Gasteiger partial charge in [0.1, 0.15) is 5.75 Å². The Morgan fingerprint density at radius 3 is 1.41 bits per heavy atom. The molecule has 1 N–H and O–H groups in total. The molecule has 0 aromatic heterocycles. The topological polar surface area (TPSA) is 20.2 Å². The van der Waals surface area contributed by atoms with Gasteiger partial charge in [0.25, 0.3) is 0 Å². The summed E-state index contributed by atoms with van der Waals surface area (Å²) in [7, 11) is 0. The molecular weight excluding hydrogens is 613 g/mol. The summed E-state index contributed by atoms with van der Waals surface area (Å²) in [5.74, 6) is 0.512. The van der Waals surface area contributed by atoms with Gasteiger partial charge in [-0.05, 0) is 105 Å². The standard InChI is InChI=1S/C18H27I3O/c1-3-5-7-9-11-13-15(19)14(12-10-8-6-4-2)17(21)18(22)16(13)20/h22H,3-12H2,1-2H3. The molecular formula is C18H27I3O. The van der Waals surface area contributed by atoms with Crippen molar-refractivity contribution in [2.45, 2.75) is 78.1 Å². The molecule has 1 rings (SSSR count). The minimum atomic E-state index is 0.512. The average Bonchev–Trinajstić information content (AvgIpc) is 2.51. The molecule has 1 aromatic carbocycles. The smallest absolute Gasteiger partial charge is 0.142 e. The second-order valence-electron chi connectivity index (χ2n) is 5.87. The van der Waals surface area contributed by atoms with Crippen molar-refractivity contribution in [1.82, 2.24) is 0 Å². The van der Waals surface area contributed by atoms with Gasteiger partial charge < -0.3 is 5.11 Å². The molecule has 0 bridgehead atoms. The fourth-order valence-corrected chi connectivity index (χ4v) is 6.90. The van der Waals surface area contributed by atoms with Crippen LogP contribution in [-0.2, 0) is 12.8 Å². The summed E-state index contributed by atoms with van der Waals surface area (Å²) >= 11 is 7.16. The lowest BCUT2D eigenvalue weighted by molar-refractivity contribution is 0.464. The van der Waals surface area contributed by atoms with E-state index < -0.39 is 0 Å². The molecule has 0 aliphatic rings. The summed E-state index contributed by atoms with van der Waals surface area (Å²) in [6.07, 6.45) is 12.4. The second-order valence-corrected chi connectivity index (χ2v) is 9.11. The van der Waals surface area contributed by atoms with Crippen molar-refractivity contribution in [3.05, 3.63) is 21.8 Å². The SMILES string of the molecule is CCCCCCc1c(I)c(O)c(I)c(CCCCCC)c1I. The van der Waals surface area contributed by atoms with Crippen LogP contribution >= 0.6 is 67.8 Å². The first-order chi connectivity index (χ1) is 10.5. The molecule has 0 radical (unpaired) electrons. The fourth-order valence-electron chi connectivity index (χ4n) is 2.65. The highest BCUT2D eigenvalue weighted by Crippen LogP contribution is 2.37. The van der Waals surface area contributed by atoms with Crippen LogP contribution in [0.1, 0.15) is 76.3 Å².